The predicted molar refractivity (Wildman–Crippen MR) is 86.9 cm³/mol. The SMILES string of the molecule is CC(CCc1ccccc1)NS(=O)(=O)c1cc(C(=O)O)n(C)c1. The fraction of sp³-hybridized carbons (Fsp3) is 0.312. The Balaban J connectivity index is 2.03. The maximum absolute atomic E-state index is 12.3. The highest BCUT2D eigenvalue weighted by Crippen LogP contribution is 2.15. The van der Waals surface area contributed by atoms with Crippen molar-refractivity contribution in [2.45, 2.75) is 30.7 Å². The molecule has 1 aromatic carbocycles. The van der Waals surface area contributed by atoms with Gasteiger partial charge in [0.05, 0.1) is 0 Å². The Morgan fingerprint density at radius 3 is 2.52 bits per heavy atom. The Hall–Kier alpha value is -2.12. The molecule has 0 saturated heterocycles. The lowest BCUT2D eigenvalue weighted by Gasteiger charge is -2.13. The second-order valence-electron chi connectivity index (χ2n) is 5.52. The van der Waals surface area contributed by atoms with Crippen molar-refractivity contribution in [1.82, 2.24) is 9.29 Å². The van der Waals surface area contributed by atoms with Gasteiger partial charge in [-0.2, -0.15) is 0 Å². The van der Waals surface area contributed by atoms with E-state index >= 15 is 0 Å². The molecule has 1 unspecified atom stereocenters. The molecule has 0 amide bonds. The first-order valence-corrected chi connectivity index (χ1v) is 8.74. The number of hydrogen-bond acceptors (Lipinski definition) is 3. The van der Waals surface area contributed by atoms with Crippen LogP contribution in [0, 0.1) is 0 Å². The van der Waals surface area contributed by atoms with Crippen molar-refractivity contribution in [2.24, 2.45) is 7.05 Å². The number of aromatic nitrogens is 1. The third-order valence-electron chi connectivity index (χ3n) is 3.57. The van der Waals surface area contributed by atoms with E-state index in [1.807, 2.05) is 30.3 Å². The number of carboxylic acids is 1. The van der Waals surface area contributed by atoms with E-state index < -0.39 is 16.0 Å². The number of nitrogens with zero attached hydrogens (tertiary/aromatic N) is 1. The number of carboxylic acid groups (broad SMARTS) is 1. The van der Waals surface area contributed by atoms with Crippen molar-refractivity contribution in [3.63, 3.8) is 0 Å². The molecule has 0 fully saturated rings. The van der Waals surface area contributed by atoms with Crippen LogP contribution in [0.2, 0.25) is 0 Å². The second-order valence-corrected chi connectivity index (χ2v) is 7.24. The van der Waals surface area contributed by atoms with Crippen molar-refractivity contribution in [1.29, 1.82) is 0 Å². The summed E-state index contributed by atoms with van der Waals surface area (Å²) in [6.45, 7) is 1.79. The number of rotatable bonds is 7. The molecule has 0 bridgehead atoms. The molecule has 1 aromatic heterocycles. The summed E-state index contributed by atoms with van der Waals surface area (Å²) in [5, 5.41) is 9.00. The number of carbonyl (C=O) groups is 1. The number of aryl methyl sites for hydroxylation is 2. The Labute approximate surface area is 135 Å². The third-order valence-corrected chi connectivity index (χ3v) is 5.13. The lowest BCUT2D eigenvalue weighted by Crippen LogP contribution is -2.32. The second kappa shape index (κ2) is 6.97. The molecule has 0 saturated carbocycles. The predicted octanol–water partition coefficient (Wildman–Crippen LogP) is 2.02. The zero-order chi connectivity index (χ0) is 17.0. The van der Waals surface area contributed by atoms with E-state index in [-0.39, 0.29) is 16.6 Å². The van der Waals surface area contributed by atoms with Crippen molar-refractivity contribution in [3.05, 3.63) is 53.9 Å². The molecule has 0 aliphatic rings. The van der Waals surface area contributed by atoms with Crippen LogP contribution in [-0.2, 0) is 23.5 Å². The van der Waals surface area contributed by atoms with Gasteiger partial charge in [-0.25, -0.2) is 17.9 Å². The summed E-state index contributed by atoms with van der Waals surface area (Å²) in [5.41, 5.74) is 1.08. The van der Waals surface area contributed by atoms with Gasteiger partial charge in [0, 0.05) is 19.3 Å². The Morgan fingerprint density at radius 1 is 1.30 bits per heavy atom. The van der Waals surface area contributed by atoms with Crippen LogP contribution in [0.1, 0.15) is 29.4 Å². The van der Waals surface area contributed by atoms with Gasteiger partial charge in [0.2, 0.25) is 10.0 Å². The molecule has 23 heavy (non-hydrogen) atoms. The molecule has 2 N–H and O–H groups in total. The Morgan fingerprint density at radius 2 is 1.96 bits per heavy atom. The standard InChI is InChI=1S/C16H20N2O4S/c1-12(8-9-13-6-4-3-5-7-13)17-23(21,22)14-10-15(16(19)20)18(2)11-14/h3-7,10-12,17H,8-9H2,1-2H3,(H,19,20). The molecule has 0 aliphatic heterocycles. The zero-order valence-corrected chi connectivity index (χ0v) is 13.9. The molecular weight excluding hydrogens is 316 g/mol. The first-order valence-electron chi connectivity index (χ1n) is 7.25. The number of hydrogen-bond donors (Lipinski definition) is 2. The average molecular weight is 336 g/mol. The van der Waals surface area contributed by atoms with Crippen LogP contribution in [-0.4, -0.2) is 30.1 Å². The molecule has 0 aliphatic carbocycles. The molecule has 1 atom stereocenters. The number of benzene rings is 1. The van der Waals surface area contributed by atoms with E-state index in [0.717, 1.165) is 18.1 Å². The zero-order valence-electron chi connectivity index (χ0n) is 13.1. The van der Waals surface area contributed by atoms with E-state index in [1.165, 1.54) is 17.8 Å². The number of sulfonamides is 1. The van der Waals surface area contributed by atoms with Crippen LogP contribution in [0.15, 0.2) is 47.5 Å². The van der Waals surface area contributed by atoms with Gasteiger partial charge in [0.25, 0.3) is 0 Å². The van der Waals surface area contributed by atoms with Gasteiger partial charge in [0.1, 0.15) is 10.6 Å². The molecule has 2 rings (SSSR count). The van der Waals surface area contributed by atoms with Crippen LogP contribution in [0.3, 0.4) is 0 Å². The normalized spacial score (nSPS) is 13.0. The van der Waals surface area contributed by atoms with Crippen LogP contribution < -0.4 is 4.72 Å². The summed E-state index contributed by atoms with van der Waals surface area (Å²) >= 11 is 0. The van der Waals surface area contributed by atoms with Gasteiger partial charge < -0.3 is 9.67 Å². The lowest BCUT2D eigenvalue weighted by atomic mass is 10.1. The largest absolute Gasteiger partial charge is 0.477 e. The van der Waals surface area contributed by atoms with E-state index in [1.54, 1.807) is 6.92 Å². The van der Waals surface area contributed by atoms with Crippen LogP contribution >= 0.6 is 0 Å². The van der Waals surface area contributed by atoms with Gasteiger partial charge >= 0.3 is 5.97 Å². The summed E-state index contributed by atoms with van der Waals surface area (Å²) < 4.78 is 28.5. The lowest BCUT2D eigenvalue weighted by molar-refractivity contribution is 0.0686. The summed E-state index contributed by atoms with van der Waals surface area (Å²) in [5.74, 6) is -1.16. The first kappa shape index (κ1) is 17.2. The smallest absolute Gasteiger partial charge is 0.352 e. The van der Waals surface area contributed by atoms with Gasteiger partial charge in [-0.1, -0.05) is 30.3 Å². The molecule has 2 aromatic rings. The minimum Gasteiger partial charge on any atom is -0.477 e. The fourth-order valence-electron chi connectivity index (χ4n) is 2.31. The maximum atomic E-state index is 12.3. The van der Waals surface area contributed by atoms with Gasteiger partial charge in [-0.15, -0.1) is 0 Å². The van der Waals surface area contributed by atoms with Crippen LogP contribution in [0.4, 0.5) is 0 Å². The molecule has 1 heterocycles. The number of nitrogens with one attached hydrogen (secondary N) is 1. The van der Waals surface area contributed by atoms with Gasteiger partial charge in [0.15, 0.2) is 0 Å². The highest BCUT2D eigenvalue weighted by atomic mass is 32.2. The van der Waals surface area contributed by atoms with E-state index in [9.17, 15) is 13.2 Å². The fourth-order valence-corrected chi connectivity index (χ4v) is 3.66. The molecule has 6 nitrogen and oxygen atoms in total. The molecule has 7 heteroatoms. The van der Waals surface area contributed by atoms with Crippen molar-refractivity contribution >= 4 is 16.0 Å². The average Bonchev–Trinajstić information content (AvgIpc) is 2.89. The Kier molecular flexibility index (Phi) is 5.23. The van der Waals surface area contributed by atoms with Crippen molar-refractivity contribution in [2.75, 3.05) is 0 Å². The topological polar surface area (TPSA) is 88.4 Å². The quantitative estimate of drug-likeness (QED) is 0.810. The highest BCUT2D eigenvalue weighted by molar-refractivity contribution is 7.89. The minimum absolute atomic E-state index is 0.0380. The Bertz CT molecular complexity index is 782. The van der Waals surface area contributed by atoms with Crippen LogP contribution in [0.5, 0.6) is 0 Å². The van der Waals surface area contributed by atoms with E-state index in [2.05, 4.69) is 4.72 Å². The molecule has 0 spiro atoms. The summed E-state index contributed by atoms with van der Waals surface area (Å²) in [4.78, 5) is 11.0. The molecule has 124 valence electrons. The summed E-state index contributed by atoms with van der Waals surface area (Å²) in [6.07, 6.45) is 2.72. The van der Waals surface area contributed by atoms with E-state index in [0.29, 0.717) is 6.42 Å². The van der Waals surface area contributed by atoms with Crippen molar-refractivity contribution in [3.8, 4) is 0 Å². The van der Waals surface area contributed by atoms with Gasteiger partial charge in [-0.3, -0.25) is 0 Å². The van der Waals surface area contributed by atoms with Crippen LogP contribution in [0.25, 0.3) is 0 Å². The highest BCUT2D eigenvalue weighted by Gasteiger charge is 2.21. The van der Waals surface area contributed by atoms with E-state index in [4.69, 9.17) is 5.11 Å². The molecule has 0 radical (unpaired) electrons. The summed E-state index contributed by atoms with van der Waals surface area (Å²) in [6, 6.07) is 10.7. The van der Waals surface area contributed by atoms with Crippen molar-refractivity contribution < 1.29 is 18.3 Å². The minimum atomic E-state index is -3.73. The monoisotopic (exact) mass is 336 g/mol. The third kappa shape index (κ3) is 4.43. The maximum Gasteiger partial charge on any atom is 0.352 e. The number of aromatic carboxylic acids is 1. The first-order chi connectivity index (χ1) is 10.8. The summed E-state index contributed by atoms with van der Waals surface area (Å²) in [7, 11) is -2.23. The molecular formula is C16H20N2O4S. The van der Waals surface area contributed by atoms with Gasteiger partial charge in [-0.05, 0) is 31.4 Å².